The van der Waals surface area contributed by atoms with Crippen LogP contribution < -0.4 is 5.32 Å². The van der Waals surface area contributed by atoms with E-state index in [9.17, 15) is 0 Å². The van der Waals surface area contributed by atoms with E-state index in [1.165, 1.54) is 18.4 Å². The third-order valence-corrected chi connectivity index (χ3v) is 4.05. The van der Waals surface area contributed by atoms with E-state index in [1.807, 2.05) is 6.07 Å². The van der Waals surface area contributed by atoms with Gasteiger partial charge >= 0.3 is 0 Å². The van der Waals surface area contributed by atoms with Crippen molar-refractivity contribution in [3.05, 3.63) is 59.8 Å². The Morgan fingerprint density at radius 2 is 1.95 bits per heavy atom. The highest BCUT2D eigenvalue weighted by Crippen LogP contribution is 2.22. The molecule has 0 amide bonds. The second kappa shape index (κ2) is 7.06. The maximum atomic E-state index is 9.03. The van der Waals surface area contributed by atoms with E-state index in [2.05, 4.69) is 45.5 Å². The molecule has 0 aliphatic carbocycles. The molecular formula is C18H20N4. The number of anilines is 1. The molecule has 2 heterocycles. The maximum absolute atomic E-state index is 9.03. The van der Waals surface area contributed by atoms with Gasteiger partial charge in [0.05, 0.1) is 17.7 Å². The second-order valence-electron chi connectivity index (χ2n) is 5.66. The van der Waals surface area contributed by atoms with Gasteiger partial charge in [0.2, 0.25) is 0 Å². The molecule has 1 aliphatic rings. The van der Waals surface area contributed by atoms with Gasteiger partial charge in [-0.15, -0.1) is 0 Å². The summed E-state index contributed by atoms with van der Waals surface area (Å²) >= 11 is 0. The van der Waals surface area contributed by atoms with E-state index in [0.717, 1.165) is 25.5 Å². The van der Waals surface area contributed by atoms with Crippen LogP contribution >= 0.6 is 0 Å². The number of pyridine rings is 1. The second-order valence-corrected chi connectivity index (χ2v) is 5.66. The first-order valence-electron chi connectivity index (χ1n) is 7.75. The topological polar surface area (TPSA) is 52.0 Å². The summed E-state index contributed by atoms with van der Waals surface area (Å²) in [5.74, 6) is 0.757. The summed E-state index contributed by atoms with van der Waals surface area (Å²) in [5.41, 5.74) is 1.88. The lowest BCUT2D eigenvalue weighted by atomic mass is 10.1. The molecule has 112 valence electrons. The Hall–Kier alpha value is -2.38. The summed E-state index contributed by atoms with van der Waals surface area (Å²) < 4.78 is 0. The van der Waals surface area contributed by atoms with Crippen molar-refractivity contribution in [2.45, 2.75) is 18.9 Å². The molecule has 1 aromatic heterocycles. The smallest absolute Gasteiger partial charge is 0.127 e. The van der Waals surface area contributed by atoms with Crippen LogP contribution in [-0.2, 0) is 0 Å². The summed E-state index contributed by atoms with van der Waals surface area (Å²) in [6.45, 7) is 3.29. The number of hydrogen-bond acceptors (Lipinski definition) is 4. The van der Waals surface area contributed by atoms with Crippen molar-refractivity contribution in [1.29, 1.82) is 5.26 Å². The maximum Gasteiger partial charge on any atom is 0.127 e. The van der Waals surface area contributed by atoms with Crippen LogP contribution in [0.3, 0.4) is 0 Å². The Bertz CT molecular complexity index is 642. The van der Waals surface area contributed by atoms with Gasteiger partial charge in [0.1, 0.15) is 5.82 Å². The lowest BCUT2D eigenvalue weighted by molar-refractivity contribution is 0.323. The van der Waals surface area contributed by atoms with E-state index in [0.29, 0.717) is 5.56 Å². The third-order valence-electron chi connectivity index (χ3n) is 4.05. The quantitative estimate of drug-likeness (QED) is 0.919. The molecule has 1 atom stereocenters. The summed E-state index contributed by atoms with van der Waals surface area (Å²) in [6, 6.07) is 16.3. The standard InChI is InChI=1S/C18H20N4/c19-13-15-8-9-20-18(12-15)21-17(14-22-10-4-5-11-22)16-6-2-1-3-7-16/h1-3,6-9,12,17H,4-5,10-11,14H2,(H,20,21)/t17-/m0/s1. The van der Waals surface area contributed by atoms with Gasteiger partial charge < -0.3 is 10.2 Å². The highest BCUT2D eigenvalue weighted by atomic mass is 15.2. The molecule has 0 radical (unpaired) electrons. The van der Waals surface area contributed by atoms with Gasteiger partial charge in [0, 0.05) is 12.7 Å². The minimum absolute atomic E-state index is 0.181. The fraction of sp³-hybridized carbons (Fsp3) is 0.333. The highest BCUT2D eigenvalue weighted by Gasteiger charge is 2.19. The van der Waals surface area contributed by atoms with Crippen molar-refractivity contribution in [3.63, 3.8) is 0 Å². The van der Waals surface area contributed by atoms with E-state index in [-0.39, 0.29) is 6.04 Å². The van der Waals surface area contributed by atoms with Gasteiger partial charge in [-0.2, -0.15) is 5.26 Å². The molecule has 0 saturated carbocycles. The molecule has 22 heavy (non-hydrogen) atoms. The van der Waals surface area contributed by atoms with Gasteiger partial charge in [-0.25, -0.2) is 4.98 Å². The molecule has 2 aromatic rings. The van der Waals surface area contributed by atoms with Crippen molar-refractivity contribution >= 4 is 5.82 Å². The number of nitrogens with one attached hydrogen (secondary N) is 1. The summed E-state index contributed by atoms with van der Waals surface area (Å²) in [5, 5.41) is 12.5. The van der Waals surface area contributed by atoms with E-state index in [4.69, 9.17) is 5.26 Å². The Morgan fingerprint density at radius 1 is 1.18 bits per heavy atom. The SMILES string of the molecule is N#Cc1ccnc(N[C@@H](CN2CCCC2)c2ccccc2)c1. The first kappa shape index (κ1) is 14.6. The monoisotopic (exact) mass is 292 g/mol. The predicted molar refractivity (Wildman–Crippen MR) is 87.4 cm³/mol. The molecule has 1 aromatic carbocycles. The first-order valence-corrected chi connectivity index (χ1v) is 7.75. The lowest BCUT2D eigenvalue weighted by Gasteiger charge is -2.25. The average Bonchev–Trinajstić information content (AvgIpc) is 3.08. The zero-order valence-electron chi connectivity index (χ0n) is 12.6. The van der Waals surface area contributed by atoms with Crippen LogP contribution in [0.5, 0.6) is 0 Å². The largest absolute Gasteiger partial charge is 0.362 e. The van der Waals surface area contributed by atoms with Crippen LogP contribution in [0.25, 0.3) is 0 Å². The summed E-state index contributed by atoms with van der Waals surface area (Å²) in [7, 11) is 0. The van der Waals surface area contributed by atoms with Gasteiger partial charge in [-0.3, -0.25) is 0 Å². The number of rotatable bonds is 5. The molecule has 4 heteroatoms. The van der Waals surface area contributed by atoms with Crippen LogP contribution in [-0.4, -0.2) is 29.5 Å². The van der Waals surface area contributed by atoms with Crippen LogP contribution in [0.1, 0.15) is 30.0 Å². The van der Waals surface area contributed by atoms with Gasteiger partial charge in [-0.05, 0) is 43.6 Å². The van der Waals surface area contributed by atoms with E-state index >= 15 is 0 Å². The average molecular weight is 292 g/mol. The molecule has 4 nitrogen and oxygen atoms in total. The number of aromatic nitrogens is 1. The number of hydrogen-bond donors (Lipinski definition) is 1. The zero-order chi connectivity index (χ0) is 15.2. The van der Waals surface area contributed by atoms with Gasteiger partial charge in [0.15, 0.2) is 0 Å². The Balaban J connectivity index is 1.79. The minimum Gasteiger partial charge on any atom is -0.362 e. The molecule has 3 rings (SSSR count). The lowest BCUT2D eigenvalue weighted by Crippen LogP contribution is -2.29. The Morgan fingerprint density at radius 3 is 2.68 bits per heavy atom. The van der Waals surface area contributed by atoms with Crippen LogP contribution in [0.15, 0.2) is 48.7 Å². The van der Waals surface area contributed by atoms with Gasteiger partial charge in [0.25, 0.3) is 0 Å². The van der Waals surface area contributed by atoms with Crippen molar-refractivity contribution in [2.75, 3.05) is 25.0 Å². The fourth-order valence-electron chi connectivity index (χ4n) is 2.90. The Kier molecular flexibility index (Phi) is 4.67. The van der Waals surface area contributed by atoms with Crippen LogP contribution in [0.2, 0.25) is 0 Å². The van der Waals surface area contributed by atoms with Crippen molar-refractivity contribution in [3.8, 4) is 6.07 Å². The molecule has 0 unspecified atom stereocenters. The Labute approximate surface area is 131 Å². The molecule has 1 fully saturated rings. The number of likely N-dealkylation sites (tertiary alicyclic amines) is 1. The van der Waals surface area contributed by atoms with Crippen LogP contribution in [0.4, 0.5) is 5.82 Å². The summed E-state index contributed by atoms with van der Waals surface area (Å²) in [6.07, 6.45) is 4.24. The molecule has 1 aliphatic heterocycles. The molecule has 0 bridgehead atoms. The minimum atomic E-state index is 0.181. The van der Waals surface area contributed by atoms with Crippen molar-refractivity contribution in [2.24, 2.45) is 0 Å². The van der Waals surface area contributed by atoms with Crippen LogP contribution in [0, 0.1) is 11.3 Å². The molecule has 1 saturated heterocycles. The van der Waals surface area contributed by atoms with Crippen molar-refractivity contribution < 1.29 is 0 Å². The number of nitrogens with zero attached hydrogens (tertiary/aromatic N) is 3. The van der Waals surface area contributed by atoms with E-state index in [1.54, 1.807) is 18.3 Å². The molecule has 0 spiro atoms. The zero-order valence-corrected chi connectivity index (χ0v) is 12.6. The molecular weight excluding hydrogens is 272 g/mol. The van der Waals surface area contributed by atoms with E-state index < -0.39 is 0 Å². The first-order chi connectivity index (χ1) is 10.8. The molecule has 1 N–H and O–H groups in total. The fourth-order valence-corrected chi connectivity index (χ4v) is 2.90. The highest BCUT2D eigenvalue weighted by molar-refractivity contribution is 5.44. The predicted octanol–water partition coefficient (Wildman–Crippen LogP) is 3.20. The normalized spacial score (nSPS) is 16.1. The number of benzene rings is 1. The third kappa shape index (κ3) is 3.63. The van der Waals surface area contributed by atoms with Gasteiger partial charge in [-0.1, -0.05) is 30.3 Å². The number of nitriles is 1. The van der Waals surface area contributed by atoms with Crippen molar-refractivity contribution in [1.82, 2.24) is 9.88 Å². The summed E-state index contributed by atoms with van der Waals surface area (Å²) in [4.78, 5) is 6.83.